The number of benzene rings is 2. The van der Waals surface area contributed by atoms with E-state index in [4.69, 9.17) is 11.6 Å². The second kappa shape index (κ2) is 6.38. The number of aromatic nitrogens is 3. The van der Waals surface area contributed by atoms with Gasteiger partial charge < -0.3 is 0 Å². The van der Waals surface area contributed by atoms with Crippen molar-refractivity contribution in [2.24, 2.45) is 0 Å². The monoisotopic (exact) mass is 371 g/mol. The highest BCUT2D eigenvalue weighted by molar-refractivity contribution is 7.19. The van der Waals surface area contributed by atoms with Gasteiger partial charge in [0.05, 0.1) is 12.1 Å². The average Bonchev–Trinajstić information content (AvgIpc) is 3.18. The number of carbonyl (C=O) groups is 1. The van der Waals surface area contributed by atoms with Gasteiger partial charge in [-0.05, 0) is 12.1 Å². The molecule has 0 bridgehead atoms. The molecule has 2 heterocycles. The first-order valence-corrected chi connectivity index (χ1v) is 8.67. The van der Waals surface area contributed by atoms with Gasteiger partial charge >= 0.3 is 0 Å². The molecule has 4 aromatic rings. The summed E-state index contributed by atoms with van der Waals surface area (Å²) in [4.78, 5) is 15.3. The van der Waals surface area contributed by atoms with Gasteiger partial charge in [-0.2, -0.15) is 5.10 Å². The van der Waals surface area contributed by atoms with Crippen LogP contribution < -0.4 is 0 Å². The molecular weight excluding hydrogens is 361 g/mol. The normalized spacial score (nSPS) is 11.1. The van der Waals surface area contributed by atoms with E-state index in [9.17, 15) is 9.18 Å². The van der Waals surface area contributed by atoms with Crippen LogP contribution in [0.2, 0.25) is 4.34 Å². The maximum atomic E-state index is 14.0. The SMILES string of the molecule is O=Cc1nc(-c2nn(Cc3ccccc3F)c3ccccc23)sc1Cl. The number of rotatable bonds is 4. The van der Waals surface area contributed by atoms with Gasteiger partial charge in [-0.25, -0.2) is 9.37 Å². The number of nitrogens with zero attached hydrogens (tertiary/aromatic N) is 3. The molecule has 4 rings (SSSR count). The molecule has 0 unspecified atom stereocenters. The van der Waals surface area contributed by atoms with Crippen LogP contribution in [0.15, 0.2) is 48.5 Å². The van der Waals surface area contributed by atoms with Crippen LogP contribution in [-0.2, 0) is 6.54 Å². The van der Waals surface area contributed by atoms with Gasteiger partial charge in [0.25, 0.3) is 0 Å². The van der Waals surface area contributed by atoms with E-state index in [0.717, 1.165) is 10.9 Å². The number of fused-ring (bicyclic) bond motifs is 1. The highest BCUT2D eigenvalue weighted by Gasteiger charge is 2.18. The zero-order valence-electron chi connectivity index (χ0n) is 12.8. The molecule has 4 nitrogen and oxygen atoms in total. The van der Waals surface area contributed by atoms with Gasteiger partial charge in [0.2, 0.25) is 0 Å². The van der Waals surface area contributed by atoms with E-state index in [0.29, 0.717) is 33.4 Å². The van der Waals surface area contributed by atoms with E-state index < -0.39 is 0 Å². The van der Waals surface area contributed by atoms with E-state index in [1.54, 1.807) is 22.9 Å². The van der Waals surface area contributed by atoms with Crippen molar-refractivity contribution < 1.29 is 9.18 Å². The predicted octanol–water partition coefficient (Wildman–Crippen LogP) is 4.81. The number of aldehydes is 1. The highest BCUT2D eigenvalue weighted by Crippen LogP contribution is 2.34. The van der Waals surface area contributed by atoms with Crippen molar-refractivity contribution in [3.05, 3.63) is 69.9 Å². The molecule has 2 aromatic carbocycles. The van der Waals surface area contributed by atoms with Crippen molar-refractivity contribution in [1.82, 2.24) is 14.8 Å². The van der Waals surface area contributed by atoms with Crippen LogP contribution in [0, 0.1) is 5.82 Å². The summed E-state index contributed by atoms with van der Waals surface area (Å²) >= 11 is 7.25. The Balaban J connectivity index is 1.86. The van der Waals surface area contributed by atoms with Gasteiger partial charge in [0.1, 0.15) is 26.5 Å². The van der Waals surface area contributed by atoms with Crippen LogP contribution >= 0.6 is 22.9 Å². The zero-order valence-corrected chi connectivity index (χ0v) is 14.4. The van der Waals surface area contributed by atoms with Crippen LogP contribution in [0.4, 0.5) is 4.39 Å². The predicted molar refractivity (Wildman–Crippen MR) is 96.7 cm³/mol. The minimum absolute atomic E-state index is 0.203. The third kappa shape index (κ3) is 2.83. The van der Waals surface area contributed by atoms with Crippen molar-refractivity contribution in [1.29, 1.82) is 0 Å². The fraction of sp³-hybridized carbons (Fsp3) is 0.0556. The number of halogens is 2. The molecule has 0 radical (unpaired) electrons. The van der Waals surface area contributed by atoms with Crippen LogP contribution in [0.1, 0.15) is 16.1 Å². The Hall–Kier alpha value is -2.57. The molecule has 0 N–H and O–H groups in total. The summed E-state index contributed by atoms with van der Waals surface area (Å²) in [6.07, 6.45) is 0.626. The lowest BCUT2D eigenvalue weighted by Crippen LogP contribution is -2.03. The number of hydrogen-bond acceptors (Lipinski definition) is 4. The lowest BCUT2D eigenvalue weighted by molar-refractivity contribution is 0.112. The minimum Gasteiger partial charge on any atom is -0.296 e. The quantitative estimate of drug-likeness (QED) is 0.483. The fourth-order valence-corrected chi connectivity index (χ4v) is 3.75. The van der Waals surface area contributed by atoms with E-state index in [-0.39, 0.29) is 11.5 Å². The Morgan fingerprint density at radius 1 is 1.16 bits per heavy atom. The highest BCUT2D eigenvalue weighted by atomic mass is 35.5. The maximum Gasteiger partial charge on any atom is 0.170 e. The Bertz CT molecular complexity index is 1090. The second-order valence-electron chi connectivity index (χ2n) is 5.41. The van der Waals surface area contributed by atoms with Crippen LogP contribution in [0.3, 0.4) is 0 Å². The van der Waals surface area contributed by atoms with Crippen molar-refractivity contribution >= 4 is 40.1 Å². The van der Waals surface area contributed by atoms with Gasteiger partial charge in [-0.3, -0.25) is 9.48 Å². The average molecular weight is 372 g/mol. The first-order valence-electron chi connectivity index (χ1n) is 7.48. The van der Waals surface area contributed by atoms with E-state index in [2.05, 4.69) is 10.1 Å². The van der Waals surface area contributed by atoms with Crippen molar-refractivity contribution in [3.63, 3.8) is 0 Å². The summed E-state index contributed by atoms with van der Waals surface area (Å²) < 4.78 is 16.1. The minimum atomic E-state index is -0.274. The summed E-state index contributed by atoms with van der Waals surface area (Å²) in [5.41, 5.74) is 2.24. The molecule has 0 atom stereocenters. The summed E-state index contributed by atoms with van der Waals surface area (Å²) in [6.45, 7) is 0.298. The molecule has 124 valence electrons. The standard InChI is InChI=1S/C18H11ClFN3OS/c19-17-14(10-24)21-18(25-17)16-12-6-2-4-8-15(12)23(22-16)9-11-5-1-3-7-13(11)20/h1-8,10H,9H2. The molecule has 2 aromatic heterocycles. The summed E-state index contributed by atoms with van der Waals surface area (Å²) in [7, 11) is 0. The number of para-hydroxylation sites is 1. The Labute approximate surface area is 151 Å². The van der Waals surface area contributed by atoms with Gasteiger partial charge in [-0.15, -0.1) is 0 Å². The molecular formula is C18H11ClFN3OS. The lowest BCUT2D eigenvalue weighted by Gasteiger charge is -2.04. The molecule has 0 aliphatic heterocycles. The van der Waals surface area contributed by atoms with Crippen molar-refractivity contribution in [2.75, 3.05) is 0 Å². The largest absolute Gasteiger partial charge is 0.296 e. The second-order valence-corrected chi connectivity index (χ2v) is 7.01. The Kier molecular flexibility index (Phi) is 4.07. The smallest absolute Gasteiger partial charge is 0.170 e. The molecule has 7 heteroatoms. The number of carbonyl (C=O) groups excluding carboxylic acids is 1. The third-order valence-electron chi connectivity index (χ3n) is 3.86. The van der Waals surface area contributed by atoms with Crippen LogP contribution in [-0.4, -0.2) is 21.1 Å². The summed E-state index contributed by atoms with van der Waals surface area (Å²) in [6, 6.07) is 14.3. The molecule has 0 aliphatic rings. The van der Waals surface area contributed by atoms with Gasteiger partial charge in [0, 0.05) is 10.9 Å². The Morgan fingerprint density at radius 2 is 1.92 bits per heavy atom. The summed E-state index contributed by atoms with van der Waals surface area (Å²) in [5, 5.41) is 6.05. The third-order valence-corrected chi connectivity index (χ3v) is 5.15. The maximum absolute atomic E-state index is 14.0. The molecule has 0 saturated heterocycles. The molecule has 25 heavy (non-hydrogen) atoms. The molecule has 0 aliphatic carbocycles. The van der Waals surface area contributed by atoms with E-state index in [1.807, 2.05) is 24.3 Å². The van der Waals surface area contributed by atoms with Gasteiger partial charge in [-0.1, -0.05) is 59.3 Å². The lowest BCUT2D eigenvalue weighted by atomic mass is 10.2. The van der Waals surface area contributed by atoms with Crippen LogP contribution in [0.5, 0.6) is 0 Å². The Morgan fingerprint density at radius 3 is 2.68 bits per heavy atom. The number of thiazole rings is 1. The van der Waals surface area contributed by atoms with Crippen molar-refractivity contribution in [3.8, 4) is 10.7 Å². The number of hydrogen-bond donors (Lipinski definition) is 0. The molecule has 0 fully saturated rings. The topological polar surface area (TPSA) is 47.8 Å². The first-order chi connectivity index (χ1) is 12.2. The zero-order chi connectivity index (χ0) is 17.4. The molecule has 0 spiro atoms. The van der Waals surface area contributed by atoms with Crippen LogP contribution in [0.25, 0.3) is 21.6 Å². The van der Waals surface area contributed by atoms with E-state index in [1.165, 1.54) is 17.4 Å². The molecule has 0 amide bonds. The van der Waals surface area contributed by atoms with E-state index >= 15 is 0 Å². The summed E-state index contributed by atoms with van der Waals surface area (Å²) in [5.74, 6) is -0.274. The first kappa shape index (κ1) is 15.9. The molecule has 0 saturated carbocycles. The fourth-order valence-electron chi connectivity index (χ4n) is 2.68. The van der Waals surface area contributed by atoms with Gasteiger partial charge in [0.15, 0.2) is 6.29 Å². The van der Waals surface area contributed by atoms with Crippen molar-refractivity contribution in [2.45, 2.75) is 6.54 Å².